The molecule has 0 aliphatic rings. The van der Waals surface area contributed by atoms with Gasteiger partial charge < -0.3 is 0 Å². The largest absolute Gasteiger partial charge is 0.288 e. The summed E-state index contributed by atoms with van der Waals surface area (Å²) < 4.78 is 61.2. The Morgan fingerprint density at radius 3 is 1.56 bits per heavy atom. The summed E-state index contributed by atoms with van der Waals surface area (Å²) in [4.78, 5) is 16.8. The molecule has 5 rings (SSSR count). The summed E-state index contributed by atoms with van der Waals surface area (Å²) in [5, 5.41) is 2.03. The maximum absolute atomic E-state index is 13.2. The second kappa shape index (κ2) is 9.06. The molecular formula is C25H16ClF6OPS2. The fraction of sp³-hybridized carbons (Fsp3) is 0. The zero-order valence-electron chi connectivity index (χ0n) is 18.1. The minimum absolute atomic E-state index is 0.0442. The molecule has 0 aliphatic carbocycles. The predicted octanol–water partition coefficient (Wildman–Crippen LogP) is 10.5. The topological polar surface area (TPSA) is 17.1 Å². The van der Waals surface area contributed by atoms with Crippen molar-refractivity contribution < 1.29 is 25.2 Å². The van der Waals surface area contributed by atoms with Crippen LogP contribution in [0.1, 0.15) is 0 Å². The van der Waals surface area contributed by atoms with Gasteiger partial charge in [-0.2, -0.15) is 0 Å². The Morgan fingerprint density at radius 1 is 0.611 bits per heavy atom. The van der Waals surface area contributed by atoms with Crippen LogP contribution in [-0.4, -0.2) is 0 Å². The predicted molar refractivity (Wildman–Crippen MR) is 139 cm³/mol. The fourth-order valence-electron chi connectivity index (χ4n) is 3.46. The summed E-state index contributed by atoms with van der Waals surface area (Å²) in [5.41, 5.74) is 0.0442. The number of benzene rings is 4. The molecule has 0 amide bonds. The van der Waals surface area contributed by atoms with Gasteiger partial charge in [-0.1, -0.05) is 48.0 Å². The zero-order valence-corrected chi connectivity index (χ0v) is 21.3. The summed E-state index contributed by atoms with van der Waals surface area (Å²) in [7, 11) is -10.9. The standard InChI is InChI=1S/C25H16ClOS2.F6P/c26-17-11-13-23-21(15-17)25(27)22-16-20(12-14-24(22)28-23)29(18-7-3-1-4-8-18)19-9-5-2-6-10-19;1-7(2,3,4,5)6/h1-16H;/q+1;-1. The van der Waals surface area contributed by atoms with E-state index in [-0.39, 0.29) is 16.3 Å². The third kappa shape index (κ3) is 7.23. The molecule has 0 saturated carbocycles. The first kappa shape index (κ1) is 26.5. The third-order valence-electron chi connectivity index (χ3n) is 4.80. The quantitative estimate of drug-likeness (QED) is 0.0903. The second-order valence-electron chi connectivity index (χ2n) is 7.62. The molecule has 0 saturated heterocycles. The Labute approximate surface area is 213 Å². The first-order chi connectivity index (χ1) is 16.7. The van der Waals surface area contributed by atoms with Crippen LogP contribution in [0.3, 0.4) is 0 Å². The van der Waals surface area contributed by atoms with Crippen LogP contribution in [0.4, 0.5) is 25.2 Å². The second-order valence-corrected chi connectivity index (χ2v) is 13.1. The van der Waals surface area contributed by atoms with E-state index in [1.54, 1.807) is 17.4 Å². The van der Waals surface area contributed by atoms with Gasteiger partial charge in [0.25, 0.3) is 0 Å². The monoisotopic (exact) mass is 576 g/mol. The normalized spacial score (nSPS) is 13.7. The van der Waals surface area contributed by atoms with Crippen LogP contribution in [0.2, 0.25) is 5.02 Å². The molecule has 1 nitrogen and oxygen atoms in total. The molecule has 11 heteroatoms. The number of rotatable bonds is 3. The van der Waals surface area contributed by atoms with Crippen LogP contribution in [-0.2, 0) is 10.9 Å². The number of halogens is 7. The molecular weight excluding hydrogens is 561 g/mol. The van der Waals surface area contributed by atoms with Crippen molar-refractivity contribution in [2.24, 2.45) is 0 Å². The smallest absolute Gasteiger partial charge is 0.196 e. The molecule has 0 atom stereocenters. The number of hydrogen-bond donors (Lipinski definition) is 0. The van der Waals surface area contributed by atoms with E-state index in [9.17, 15) is 30.0 Å². The van der Waals surface area contributed by atoms with Gasteiger partial charge in [0, 0.05) is 31.3 Å². The summed E-state index contributed by atoms with van der Waals surface area (Å²) in [6.07, 6.45) is 0. The van der Waals surface area contributed by atoms with Gasteiger partial charge in [0.1, 0.15) is 0 Å². The van der Waals surface area contributed by atoms with E-state index >= 15 is 0 Å². The maximum Gasteiger partial charge on any atom is 0.196 e. The molecule has 0 aliphatic heterocycles. The molecule has 1 aromatic heterocycles. The molecule has 36 heavy (non-hydrogen) atoms. The van der Waals surface area contributed by atoms with Crippen molar-refractivity contribution in [2.45, 2.75) is 14.7 Å². The van der Waals surface area contributed by atoms with Crippen molar-refractivity contribution in [2.75, 3.05) is 0 Å². The van der Waals surface area contributed by atoms with Crippen LogP contribution in [0.5, 0.6) is 0 Å². The molecule has 0 radical (unpaired) electrons. The Morgan fingerprint density at radius 2 is 1.06 bits per heavy atom. The SMILES string of the molecule is F[P-](F)(F)(F)(F)F.O=c1c2cc(Cl)ccc2sc2ccc([S+](c3ccccc3)c3ccccc3)cc12. The van der Waals surface area contributed by atoms with Crippen molar-refractivity contribution in [3.05, 3.63) is 112 Å². The van der Waals surface area contributed by atoms with Crippen LogP contribution >= 0.6 is 30.7 Å². The summed E-state index contributed by atoms with van der Waals surface area (Å²) in [5.74, 6) is 0. The van der Waals surface area contributed by atoms with Gasteiger partial charge in [-0.25, -0.2) is 0 Å². The van der Waals surface area contributed by atoms with E-state index in [2.05, 4.69) is 66.7 Å². The molecule has 0 spiro atoms. The van der Waals surface area contributed by atoms with Crippen molar-refractivity contribution in [3.63, 3.8) is 0 Å². The van der Waals surface area contributed by atoms with Gasteiger partial charge in [0.15, 0.2) is 20.1 Å². The number of fused-ring (bicyclic) bond motifs is 2. The third-order valence-corrected chi connectivity index (χ3v) is 8.39. The van der Waals surface area contributed by atoms with Crippen LogP contribution in [0.15, 0.2) is 117 Å². The minimum atomic E-state index is -10.7. The molecule has 4 aromatic carbocycles. The van der Waals surface area contributed by atoms with E-state index in [0.717, 1.165) is 19.7 Å². The van der Waals surface area contributed by atoms with Crippen molar-refractivity contribution in [3.8, 4) is 0 Å². The van der Waals surface area contributed by atoms with E-state index in [0.29, 0.717) is 10.4 Å². The van der Waals surface area contributed by atoms with Gasteiger partial charge >= 0.3 is 33.0 Å². The van der Waals surface area contributed by atoms with Crippen LogP contribution in [0.25, 0.3) is 20.2 Å². The molecule has 0 fully saturated rings. The summed E-state index contributed by atoms with van der Waals surface area (Å²) >= 11 is 7.78. The van der Waals surface area contributed by atoms with Crippen molar-refractivity contribution in [1.82, 2.24) is 0 Å². The summed E-state index contributed by atoms with van der Waals surface area (Å²) in [6.45, 7) is 0. The van der Waals surface area contributed by atoms with E-state index in [1.165, 1.54) is 9.79 Å². The van der Waals surface area contributed by atoms with Crippen LogP contribution in [0, 0.1) is 0 Å². The average Bonchev–Trinajstić information content (AvgIpc) is 2.80. The van der Waals surface area contributed by atoms with E-state index in [1.807, 2.05) is 24.3 Å². The van der Waals surface area contributed by atoms with Crippen molar-refractivity contribution in [1.29, 1.82) is 0 Å². The number of hydrogen-bond acceptors (Lipinski definition) is 2. The minimum Gasteiger partial charge on any atom is -0.288 e. The molecule has 0 unspecified atom stereocenters. The van der Waals surface area contributed by atoms with Gasteiger partial charge in [-0.15, -0.1) is 11.3 Å². The molecule has 1 heterocycles. The maximum atomic E-state index is 13.2. The Hall–Kier alpha value is -2.58. The van der Waals surface area contributed by atoms with Gasteiger partial charge in [0.05, 0.1) is 10.9 Å². The van der Waals surface area contributed by atoms with E-state index < -0.39 is 7.81 Å². The summed E-state index contributed by atoms with van der Waals surface area (Å²) in [6, 6.07) is 32.8. The Balaban J connectivity index is 0.000000384. The molecule has 0 N–H and O–H groups in total. The molecule has 0 bridgehead atoms. The first-order valence-corrected chi connectivity index (χ1v) is 14.7. The van der Waals surface area contributed by atoms with Gasteiger partial charge in [0.2, 0.25) is 0 Å². The molecule has 188 valence electrons. The van der Waals surface area contributed by atoms with E-state index in [4.69, 9.17) is 11.6 Å². The van der Waals surface area contributed by atoms with Crippen molar-refractivity contribution >= 4 is 61.8 Å². The van der Waals surface area contributed by atoms with Crippen LogP contribution < -0.4 is 5.43 Å². The fourth-order valence-corrected chi connectivity index (χ4v) is 6.78. The average molecular weight is 577 g/mol. The van der Waals surface area contributed by atoms with Gasteiger partial charge in [-0.05, 0) is 54.6 Å². The molecule has 5 aromatic rings. The Bertz CT molecular complexity index is 1560. The first-order valence-electron chi connectivity index (χ1n) is 10.2. The zero-order chi connectivity index (χ0) is 26.2. The Kier molecular flexibility index (Phi) is 6.67. The van der Waals surface area contributed by atoms with Gasteiger partial charge in [-0.3, -0.25) is 4.79 Å².